The first kappa shape index (κ1) is 14.4. The molecule has 1 aromatic rings. The van der Waals surface area contributed by atoms with Crippen molar-refractivity contribution in [2.45, 2.75) is 31.6 Å². The summed E-state index contributed by atoms with van der Waals surface area (Å²) in [4.78, 5) is 0. The van der Waals surface area contributed by atoms with Gasteiger partial charge >= 0.3 is 0 Å². The van der Waals surface area contributed by atoms with Crippen molar-refractivity contribution in [2.75, 3.05) is 27.7 Å². The van der Waals surface area contributed by atoms with E-state index in [0.29, 0.717) is 18.4 Å². The van der Waals surface area contributed by atoms with Crippen LogP contribution in [0.15, 0.2) is 24.3 Å². The van der Waals surface area contributed by atoms with E-state index < -0.39 is 0 Å². The van der Waals surface area contributed by atoms with Crippen LogP contribution in [0.4, 0.5) is 0 Å². The van der Waals surface area contributed by atoms with Gasteiger partial charge in [-0.15, -0.1) is 0 Å². The fourth-order valence-corrected chi connectivity index (χ4v) is 3.30. The second kappa shape index (κ2) is 5.93. The predicted octanol–water partition coefficient (Wildman–Crippen LogP) is 3.54. The van der Waals surface area contributed by atoms with E-state index in [9.17, 15) is 5.21 Å². The number of methoxy groups -OCH3 is 1. The van der Waals surface area contributed by atoms with Crippen LogP contribution in [0, 0.1) is 11.1 Å². The quantitative estimate of drug-likeness (QED) is 0.614. The molecule has 1 saturated carbocycles. The van der Waals surface area contributed by atoms with Crippen molar-refractivity contribution in [3.8, 4) is 5.75 Å². The molecule has 1 aromatic carbocycles. The lowest BCUT2D eigenvalue weighted by Gasteiger charge is -2.41. The Labute approximate surface area is 116 Å². The standard InChI is InChI=1S/C16H25NO2/c1-17(2,18)12-14-7-4-5-10-16(14)13-8-6-9-15(11-13)19-3/h6,8-9,11,14,16H,4-5,7,10,12H2,1-3H3. The molecule has 0 heterocycles. The molecule has 0 spiro atoms. The van der Waals surface area contributed by atoms with Gasteiger partial charge in [0.25, 0.3) is 0 Å². The first-order chi connectivity index (χ1) is 8.99. The van der Waals surface area contributed by atoms with Crippen LogP contribution in [0.3, 0.4) is 0 Å². The predicted molar refractivity (Wildman–Crippen MR) is 78.0 cm³/mol. The van der Waals surface area contributed by atoms with Gasteiger partial charge in [0.1, 0.15) is 5.75 Å². The zero-order valence-electron chi connectivity index (χ0n) is 12.3. The number of hydroxylamine groups is 3. The Balaban J connectivity index is 2.18. The molecule has 1 fully saturated rings. The second-order valence-electron chi connectivity index (χ2n) is 6.18. The SMILES string of the molecule is COc1cccc(C2CCCCC2C[N+](C)(C)[O-])c1. The number of ether oxygens (including phenoxy) is 1. The smallest absolute Gasteiger partial charge is 0.119 e. The van der Waals surface area contributed by atoms with Crippen molar-refractivity contribution >= 4 is 0 Å². The first-order valence-corrected chi connectivity index (χ1v) is 7.17. The summed E-state index contributed by atoms with van der Waals surface area (Å²) in [5.41, 5.74) is 1.33. The molecule has 3 heteroatoms. The Bertz CT molecular complexity index is 411. The minimum absolute atomic E-state index is 0.189. The third kappa shape index (κ3) is 3.95. The van der Waals surface area contributed by atoms with Gasteiger partial charge in [-0.1, -0.05) is 25.0 Å². The molecule has 0 N–H and O–H groups in total. The van der Waals surface area contributed by atoms with Crippen LogP contribution in [0.5, 0.6) is 5.75 Å². The Morgan fingerprint density at radius 1 is 1.26 bits per heavy atom. The molecule has 2 rings (SSSR count). The van der Waals surface area contributed by atoms with E-state index >= 15 is 0 Å². The highest BCUT2D eigenvalue weighted by atomic mass is 16.5. The molecule has 0 amide bonds. The Morgan fingerprint density at radius 2 is 2.00 bits per heavy atom. The van der Waals surface area contributed by atoms with E-state index in [2.05, 4.69) is 18.2 Å². The summed E-state index contributed by atoms with van der Waals surface area (Å²) in [7, 11) is 5.20. The molecule has 1 aliphatic carbocycles. The molecule has 106 valence electrons. The minimum atomic E-state index is -0.189. The lowest BCUT2D eigenvalue weighted by Crippen LogP contribution is -2.40. The highest BCUT2D eigenvalue weighted by Crippen LogP contribution is 2.39. The second-order valence-corrected chi connectivity index (χ2v) is 6.18. The molecule has 2 unspecified atom stereocenters. The fraction of sp³-hybridized carbons (Fsp3) is 0.625. The van der Waals surface area contributed by atoms with Crippen LogP contribution >= 0.6 is 0 Å². The van der Waals surface area contributed by atoms with Crippen molar-refractivity contribution in [2.24, 2.45) is 5.92 Å². The van der Waals surface area contributed by atoms with Gasteiger partial charge in [0.15, 0.2) is 0 Å². The van der Waals surface area contributed by atoms with E-state index in [1.165, 1.54) is 31.2 Å². The summed E-state index contributed by atoms with van der Waals surface area (Å²) < 4.78 is 5.13. The maximum absolute atomic E-state index is 12.0. The van der Waals surface area contributed by atoms with Crippen LogP contribution in [0.25, 0.3) is 0 Å². The van der Waals surface area contributed by atoms with Crippen molar-refractivity contribution in [1.29, 1.82) is 0 Å². The summed E-state index contributed by atoms with van der Waals surface area (Å²) in [6.45, 7) is 0.710. The average Bonchev–Trinajstić information content (AvgIpc) is 2.37. The van der Waals surface area contributed by atoms with Gasteiger partial charge in [-0.25, -0.2) is 0 Å². The summed E-state index contributed by atoms with van der Waals surface area (Å²) in [6, 6.07) is 8.34. The van der Waals surface area contributed by atoms with Crippen molar-refractivity contribution in [1.82, 2.24) is 0 Å². The fourth-order valence-electron chi connectivity index (χ4n) is 3.30. The van der Waals surface area contributed by atoms with Crippen LogP contribution in [0.1, 0.15) is 37.2 Å². The largest absolute Gasteiger partial charge is 0.633 e. The Morgan fingerprint density at radius 3 is 2.68 bits per heavy atom. The Kier molecular flexibility index (Phi) is 4.48. The molecule has 1 aliphatic rings. The highest BCUT2D eigenvalue weighted by molar-refractivity contribution is 5.31. The minimum Gasteiger partial charge on any atom is -0.633 e. The van der Waals surface area contributed by atoms with E-state index in [1.54, 1.807) is 21.2 Å². The van der Waals surface area contributed by atoms with Gasteiger partial charge < -0.3 is 14.6 Å². The first-order valence-electron chi connectivity index (χ1n) is 7.17. The summed E-state index contributed by atoms with van der Waals surface area (Å²) in [6.07, 6.45) is 4.89. The normalized spacial score (nSPS) is 24.2. The molecule has 3 nitrogen and oxygen atoms in total. The maximum Gasteiger partial charge on any atom is 0.119 e. The maximum atomic E-state index is 12.0. The van der Waals surface area contributed by atoms with Crippen LogP contribution in [0.2, 0.25) is 0 Å². The number of hydrogen-bond acceptors (Lipinski definition) is 2. The molecule has 0 aliphatic heterocycles. The van der Waals surface area contributed by atoms with E-state index in [-0.39, 0.29) is 4.65 Å². The topological polar surface area (TPSA) is 32.3 Å². The van der Waals surface area contributed by atoms with Crippen LogP contribution in [-0.2, 0) is 0 Å². The highest BCUT2D eigenvalue weighted by Gasteiger charge is 2.29. The molecule has 0 radical (unpaired) electrons. The molecule has 2 atom stereocenters. The number of rotatable bonds is 4. The van der Waals surface area contributed by atoms with E-state index in [0.717, 1.165) is 5.75 Å². The Hall–Kier alpha value is -1.06. The van der Waals surface area contributed by atoms with Crippen molar-refractivity contribution in [3.05, 3.63) is 35.0 Å². The zero-order chi connectivity index (χ0) is 13.9. The lowest BCUT2D eigenvalue weighted by atomic mass is 9.75. The summed E-state index contributed by atoms with van der Waals surface area (Å²) in [5.74, 6) is 1.92. The monoisotopic (exact) mass is 263 g/mol. The molecule has 0 bridgehead atoms. The molecule has 0 aromatic heterocycles. The van der Waals surface area contributed by atoms with E-state index in [1.807, 2.05) is 6.07 Å². The van der Waals surface area contributed by atoms with Crippen LogP contribution < -0.4 is 4.74 Å². The van der Waals surface area contributed by atoms with Crippen molar-refractivity contribution < 1.29 is 9.38 Å². The number of nitrogens with zero attached hydrogens (tertiary/aromatic N) is 1. The van der Waals surface area contributed by atoms with Crippen LogP contribution in [-0.4, -0.2) is 32.4 Å². The van der Waals surface area contributed by atoms with E-state index in [4.69, 9.17) is 4.74 Å². The molecule has 0 saturated heterocycles. The number of hydrogen-bond donors (Lipinski definition) is 0. The lowest BCUT2D eigenvalue weighted by molar-refractivity contribution is -0.844. The average molecular weight is 263 g/mol. The summed E-state index contributed by atoms with van der Waals surface area (Å²) in [5, 5.41) is 12.0. The zero-order valence-corrected chi connectivity index (χ0v) is 12.3. The molecule has 19 heavy (non-hydrogen) atoms. The van der Waals surface area contributed by atoms with Gasteiger partial charge in [0, 0.05) is 5.92 Å². The summed E-state index contributed by atoms with van der Waals surface area (Å²) >= 11 is 0. The third-order valence-corrected chi connectivity index (χ3v) is 4.11. The van der Waals surface area contributed by atoms with Crippen molar-refractivity contribution in [3.63, 3.8) is 0 Å². The molecular formula is C16H25NO2. The van der Waals surface area contributed by atoms with Gasteiger partial charge in [0.2, 0.25) is 0 Å². The van der Waals surface area contributed by atoms with Gasteiger partial charge in [-0.2, -0.15) is 0 Å². The number of benzene rings is 1. The third-order valence-electron chi connectivity index (χ3n) is 4.11. The van der Waals surface area contributed by atoms with Gasteiger partial charge in [0.05, 0.1) is 27.7 Å². The molecular weight excluding hydrogens is 238 g/mol. The van der Waals surface area contributed by atoms with Gasteiger partial charge in [-0.05, 0) is 36.5 Å². The van der Waals surface area contributed by atoms with Gasteiger partial charge in [-0.3, -0.25) is 0 Å². The number of quaternary nitrogens is 1.